The van der Waals surface area contributed by atoms with Crippen LogP contribution in [0.3, 0.4) is 0 Å². The first-order chi connectivity index (χ1) is 10.6. The van der Waals surface area contributed by atoms with Crippen molar-refractivity contribution in [1.82, 2.24) is 4.98 Å². The first-order valence-corrected chi connectivity index (χ1v) is 8.86. The van der Waals surface area contributed by atoms with E-state index in [1.165, 1.54) is 69.3 Å². The minimum atomic E-state index is -0.664. The molecule has 1 heterocycles. The van der Waals surface area contributed by atoms with Gasteiger partial charge >= 0.3 is 5.97 Å². The number of carbonyl (C=O) groups is 1. The second kappa shape index (κ2) is 11.3. The molecule has 0 radical (unpaired) electrons. The average Bonchev–Trinajstić information content (AvgIpc) is 2.80. The molecule has 0 amide bonds. The van der Waals surface area contributed by atoms with Crippen LogP contribution in [0.4, 0.5) is 0 Å². The van der Waals surface area contributed by atoms with E-state index in [4.69, 9.17) is 5.11 Å². The summed E-state index contributed by atoms with van der Waals surface area (Å²) >= 11 is 0. The Morgan fingerprint density at radius 3 is 1.95 bits per heavy atom. The molecule has 0 aliphatic heterocycles. The summed E-state index contributed by atoms with van der Waals surface area (Å²) in [4.78, 5) is 13.6. The highest BCUT2D eigenvalue weighted by Crippen LogP contribution is 2.12. The molecule has 4 heteroatoms. The van der Waals surface area contributed by atoms with Crippen molar-refractivity contribution in [1.29, 1.82) is 0 Å². The number of unbranched alkanes of at least 4 members (excludes halogenated alkanes) is 9. The van der Waals surface area contributed by atoms with Crippen LogP contribution in [0.15, 0.2) is 6.20 Å². The van der Waals surface area contributed by atoms with E-state index in [1.54, 1.807) is 0 Å². The van der Waals surface area contributed by atoms with Crippen molar-refractivity contribution >= 4 is 5.97 Å². The topological polar surface area (TPSA) is 57.0 Å². The molecule has 0 bridgehead atoms. The molecule has 0 aliphatic carbocycles. The van der Waals surface area contributed by atoms with E-state index in [1.807, 2.05) is 0 Å². The zero-order chi connectivity index (χ0) is 16.2. The first kappa shape index (κ1) is 18.7. The molecule has 4 nitrogen and oxygen atoms in total. The second-order valence-electron chi connectivity index (χ2n) is 6.35. The molecular formula is C18H33N2O2+. The van der Waals surface area contributed by atoms with Crippen molar-refractivity contribution in [2.45, 2.75) is 84.0 Å². The van der Waals surface area contributed by atoms with Crippen LogP contribution in [0.25, 0.3) is 0 Å². The molecule has 0 unspecified atom stereocenters. The van der Waals surface area contributed by atoms with E-state index in [0.717, 1.165) is 12.8 Å². The molecule has 1 aromatic heterocycles. The molecule has 1 rings (SSSR count). The van der Waals surface area contributed by atoms with Crippen LogP contribution in [0, 0.1) is 6.92 Å². The Hall–Kier alpha value is -1.32. The van der Waals surface area contributed by atoms with Crippen LogP contribution >= 0.6 is 0 Å². The number of aliphatic carboxylic acids is 1. The third-order valence-electron chi connectivity index (χ3n) is 4.46. The van der Waals surface area contributed by atoms with Crippen LogP contribution in [0.2, 0.25) is 0 Å². The summed E-state index contributed by atoms with van der Waals surface area (Å²) in [5.41, 5.74) is 1.40. The summed E-state index contributed by atoms with van der Waals surface area (Å²) in [5.74, 6) is 0.557. The first-order valence-electron chi connectivity index (χ1n) is 8.86. The fourth-order valence-corrected chi connectivity index (χ4v) is 2.83. The van der Waals surface area contributed by atoms with Crippen LogP contribution in [0.5, 0.6) is 0 Å². The Morgan fingerprint density at radius 1 is 1.00 bits per heavy atom. The molecule has 0 fully saturated rings. The van der Waals surface area contributed by atoms with Crippen molar-refractivity contribution in [3.05, 3.63) is 17.7 Å². The summed E-state index contributed by atoms with van der Waals surface area (Å²) in [6.45, 7) is 2.10. The van der Waals surface area contributed by atoms with Crippen molar-refractivity contribution in [2.24, 2.45) is 7.05 Å². The molecule has 1 aromatic rings. The van der Waals surface area contributed by atoms with Crippen molar-refractivity contribution in [2.75, 3.05) is 0 Å². The fourth-order valence-electron chi connectivity index (χ4n) is 2.83. The lowest BCUT2D eigenvalue weighted by molar-refractivity contribution is -0.683. The maximum Gasteiger partial charge on any atom is 0.303 e. The van der Waals surface area contributed by atoms with E-state index in [9.17, 15) is 4.79 Å². The van der Waals surface area contributed by atoms with E-state index in [2.05, 4.69) is 29.7 Å². The minimum Gasteiger partial charge on any atom is -0.481 e. The van der Waals surface area contributed by atoms with E-state index in [0.29, 0.717) is 6.42 Å². The number of nitrogens with zero attached hydrogens (tertiary/aromatic N) is 1. The zero-order valence-electron chi connectivity index (χ0n) is 14.4. The average molecular weight is 309 g/mol. The molecule has 0 aromatic carbocycles. The quantitative estimate of drug-likeness (QED) is 0.426. The van der Waals surface area contributed by atoms with Crippen LogP contribution < -0.4 is 4.57 Å². The van der Waals surface area contributed by atoms with Gasteiger partial charge in [0, 0.05) is 19.8 Å². The standard InChI is InChI=1S/C18H32N2O2/c1-16-19-15-17(20(16)2)13-11-9-7-5-3-4-6-8-10-12-14-18(21)22/h15H,3-14H2,1-2H3,(H,21,22)/p+1. The number of rotatable bonds is 13. The predicted molar refractivity (Wildman–Crippen MR) is 88.8 cm³/mol. The lowest BCUT2D eigenvalue weighted by atomic mass is 10.0. The van der Waals surface area contributed by atoms with Gasteiger partial charge in [0.2, 0.25) is 0 Å². The molecule has 0 saturated carbocycles. The van der Waals surface area contributed by atoms with Gasteiger partial charge in [0.15, 0.2) is 0 Å². The number of H-pyrrole nitrogens is 1. The highest BCUT2D eigenvalue weighted by Gasteiger charge is 2.08. The summed E-state index contributed by atoms with van der Waals surface area (Å²) < 4.78 is 2.24. The Bertz CT molecular complexity index is 427. The number of aryl methyl sites for hydroxylation is 2. The van der Waals surface area contributed by atoms with E-state index < -0.39 is 5.97 Å². The highest BCUT2D eigenvalue weighted by molar-refractivity contribution is 5.66. The summed E-state index contributed by atoms with van der Waals surface area (Å²) in [5, 5.41) is 8.54. The predicted octanol–water partition coefficient (Wildman–Crippen LogP) is 4.07. The zero-order valence-corrected chi connectivity index (χ0v) is 14.4. The molecule has 126 valence electrons. The molecular weight excluding hydrogens is 276 g/mol. The van der Waals surface area contributed by atoms with Gasteiger partial charge in [-0.2, -0.15) is 0 Å². The SMILES string of the molecule is Cc1[nH]cc(CCCCCCCCCCCCC(=O)O)[n+]1C. The molecule has 22 heavy (non-hydrogen) atoms. The maximum atomic E-state index is 10.4. The largest absolute Gasteiger partial charge is 0.481 e. The molecule has 0 atom stereocenters. The van der Waals surface area contributed by atoms with Crippen molar-refractivity contribution in [3.63, 3.8) is 0 Å². The number of hydrogen-bond acceptors (Lipinski definition) is 1. The number of carboxylic acids is 1. The normalized spacial score (nSPS) is 11.0. The van der Waals surface area contributed by atoms with E-state index in [-0.39, 0.29) is 0 Å². The Morgan fingerprint density at radius 2 is 1.50 bits per heavy atom. The van der Waals surface area contributed by atoms with Gasteiger partial charge in [-0.3, -0.25) is 4.79 Å². The van der Waals surface area contributed by atoms with Gasteiger partial charge in [0.25, 0.3) is 5.82 Å². The number of hydrogen-bond donors (Lipinski definition) is 2. The molecule has 0 spiro atoms. The lowest BCUT2D eigenvalue weighted by Gasteiger charge is -2.02. The fraction of sp³-hybridized carbons (Fsp3) is 0.778. The third-order valence-corrected chi connectivity index (χ3v) is 4.46. The number of imidazole rings is 1. The van der Waals surface area contributed by atoms with Gasteiger partial charge in [0.1, 0.15) is 11.9 Å². The molecule has 0 aliphatic rings. The summed E-state index contributed by atoms with van der Waals surface area (Å²) in [6, 6.07) is 0. The summed E-state index contributed by atoms with van der Waals surface area (Å²) in [7, 11) is 2.12. The van der Waals surface area contributed by atoms with E-state index >= 15 is 0 Å². The molecule has 0 saturated heterocycles. The van der Waals surface area contributed by atoms with Crippen LogP contribution in [-0.4, -0.2) is 16.1 Å². The van der Waals surface area contributed by atoms with Gasteiger partial charge in [0.05, 0.1) is 7.05 Å². The number of nitrogens with one attached hydrogen (secondary N) is 1. The maximum absolute atomic E-state index is 10.4. The van der Waals surface area contributed by atoms with Gasteiger partial charge < -0.3 is 5.11 Å². The van der Waals surface area contributed by atoms with Gasteiger partial charge in [-0.05, 0) is 12.8 Å². The Labute approximate surface area is 135 Å². The van der Waals surface area contributed by atoms with Gasteiger partial charge in [-0.1, -0.05) is 51.4 Å². The Balaban J connectivity index is 1.84. The lowest BCUT2D eigenvalue weighted by Crippen LogP contribution is -2.33. The van der Waals surface area contributed by atoms with Crippen LogP contribution in [-0.2, 0) is 18.3 Å². The van der Waals surface area contributed by atoms with Gasteiger partial charge in [-0.25, -0.2) is 9.55 Å². The van der Waals surface area contributed by atoms with Crippen molar-refractivity contribution < 1.29 is 14.5 Å². The minimum absolute atomic E-state index is 0.332. The number of carboxylic acid groups (broad SMARTS) is 1. The monoisotopic (exact) mass is 309 g/mol. The highest BCUT2D eigenvalue weighted by atomic mass is 16.4. The van der Waals surface area contributed by atoms with Gasteiger partial charge in [-0.15, -0.1) is 0 Å². The van der Waals surface area contributed by atoms with Crippen LogP contribution in [0.1, 0.15) is 82.1 Å². The Kier molecular flexibility index (Phi) is 9.60. The molecule has 2 N–H and O–H groups in total. The second-order valence-corrected chi connectivity index (χ2v) is 6.35. The third kappa shape index (κ3) is 8.20. The smallest absolute Gasteiger partial charge is 0.303 e. The number of aromatic amines is 1. The number of aromatic nitrogens is 2. The van der Waals surface area contributed by atoms with Crippen molar-refractivity contribution in [3.8, 4) is 0 Å². The summed E-state index contributed by atoms with van der Waals surface area (Å²) in [6.07, 6.45) is 15.9.